The molecule has 0 saturated carbocycles. The van der Waals surface area contributed by atoms with Crippen molar-refractivity contribution >= 4 is 16.9 Å². The van der Waals surface area contributed by atoms with Gasteiger partial charge in [0.1, 0.15) is 11.8 Å². The van der Waals surface area contributed by atoms with Crippen LogP contribution in [-0.2, 0) is 9.53 Å². The fourth-order valence-corrected chi connectivity index (χ4v) is 2.66. The molecular formula is C17H22N2O4. The Hall–Kier alpha value is -2.05. The highest BCUT2D eigenvalue weighted by atomic mass is 16.5. The van der Waals surface area contributed by atoms with Crippen molar-refractivity contribution in [2.75, 3.05) is 26.4 Å². The summed E-state index contributed by atoms with van der Waals surface area (Å²) in [7, 11) is 0. The lowest BCUT2D eigenvalue weighted by Crippen LogP contribution is -2.51. The van der Waals surface area contributed by atoms with E-state index < -0.39 is 0 Å². The molecule has 6 heteroatoms. The van der Waals surface area contributed by atoms with Crippen LogP contribution in [0.1, 0.15) is 25.6 Å². The molecule has 124 valence electrons. The zero-order valence-corrected chi connectivity index (χ0v) is 13.4. The van der Waals surface area contributed by atoms with Gasteiger partial charge in [0.15, 0.2) is 11.3 Å². The third kappa shape index (κ3) is 3.48. The minimum Gasteiger partial charge on any atom is -0.490 e. The number of carbonyl (C=O) groups is 1. The van der Waals surface area contributed by atoms with Gasteiger partial charge in [-0.15, -0.1) is 0 Å². The molecule has 1 aliphatic rings. The molecule has 1 saturated heterocycles. The first-order chi connectivity index (χ1) is 11.2. The summed E-state index contributed by atoms with van der Waals surface area (Å²) < 4.78 is 16.8. The number of hydrogen-bond donors (Lipinski definition) is 2. The lowest BCUT2D eigenvalue weighted by Gasteiger charge is -2.24. The van der Waals surface area contributed by atoms with Crippen LogP contribution >= 0.6 is 0 Å². The molecule has 2 heterocycles. The van der Waals surface area contributed by atoms with Gasteiger partial charge in [0.25, 0.3) is 0 Å². The van der Waals surface area contributed by atoms with Gasteiger partial charge in [-0.2, -0.15) is 0 Å². The van der Waals surface area contributed by atoms with E-state index in [9.17, 15) is 4.79 Å². The zero-order valence-electron chi connectivity index (χ0n) is 13.4. The second-order valence-corrected chi connectivity index (χ2v) is 5.57. The van der Waals surface area contributed by atoms with E-state index in [4.69, 9.17) is 13.9 Å². The van der Waals surface area contributed by atoms with Gasteiger partial charge in [-0.1, -0.05) is 12.1 Å². The number of ether oxygens (including phenoxy) is 2. The van der Waals surface area contributed by atoms with E-state index in [-0.39, 0.29) is 18.0 Å². The average Bonchev–Trinajstić information content (AvgIpc) is 3.01. The van der Waals surface area contributed by atoms with Gasteiger partial charge < -0.3 is 24.5 Å². The monoisotopic (exact) mass is 318 g/mol. The summed E-state index contributed by atoms with van der Waals surface area (Å²) in [6.07, 6.45) is 0. The molecule has 1 aromatic carbocycles. The molecular weight excluding hydrogens is 296 g/mol. The highest BCUT2D eigenvalue weighted by Gasteiger charge is 2.24. The Bertz CT molecular complexity index is 676. The topological polar surface area (TPSA) is 72.7 Å². The molecule has 6 nitrogen and oxygen atoms in total. The van der Waals surface area contributed by atoms with Crippen molar-refractivity contribution in [2.24, 2.45) is 0 Å². The van der Waals surface area contributed by atoms with Crippen LogP contribution < -0.4 is 15.4 Å². The fourth-order valence-electron chi connectivity index (χ4n) is 2.66. The van der Waals surface area contributed by atoms with Crippen LogP contribution in [0, 0.1) is 0 Å². The number of hydrogen-bond acceptors (Lipinski definition) is 5. The van der Waals surface area contributed by atoms with E-state index >= 15 is 0 Å². The van der Waals surface area contributed by atoms with E-state index in [1.165, 1.54) is 0 Å². The quantitative estimate of drug-likeness (QED) is 0.882. The van der Waals surface area contributed by atoms with Crippen molar-refractivity contribution in [1.29, 1.82) is 0 Å². The Morgan fingerprint density at radius 1 is 1.52 bits per heavy atom. The number of amides is 1. The Kier molecular flexibility index (Phi) is 4.83. The van der Waals surface area contributed by atoms with Crippen molar-refractivity contribution in [1.82, 2.24) is 10.6 Å². The zero-order chi connectivity index (χ0) is 16.2. The van der Waals surface area contributed by atoms with E-state index in [2.05, 4.69) is 10.6 Å². The molecule has 0 radical (unpaired) electrons. The van der Waals surface area contributed by atoms with Crippen LogP contribution in [0.15, 0.2) is 28.7 Å². The van der Waals surface area contributed by atoms with Crippen molar-refractivity contribution in [3.8, 4) is 5.75 Å². The number of para-hydroxylation sites is 1. The van der Waals surface area contributed by atoms with E-state index in [1.807, 2.05) is 38.1 Å². The van der Waals surface area contributed by atoms with Gasteiger partial charge in [-0.05, 0) is 26.0 Å². The second kappa shape index (κ2) is 7.02. The third-order valence-electron chi connectivity index (χ3n) is 3.85. The lowest BCUT2D eigenvalue weighted by molar-refractivity contribution is -0.126. The molecule has 2 atom stereocenters. The van der Waals surface area contributed by atoms with Crippen molar-refractivity contribution in [3.05, 3.63) is 30.0 Å². The van der Waals surface area contributed by atoms with Gasteiger partial charge in [-0.3, -0.25) is 4.79 Å². The molecule has 1 amide bonds. The van der Waals surface area contributed by atoms with Gasteiger partial charge in [-0.25, -0.2) is 0 Å². The predicted molar refractivity (Wildman–Crippen MR) is 86.6 cm³/mol. The highest BCUT2D eigenvalue weighted by molar-refractivity contribution is 5.85. The summed E-state index contributed by atoms with van der Waals surface area (Å²) in [5.74, 6) is 1.34. The summed E-state index contributed by atoms with van der Waals surface area (Å²) >= 11 is 0. The number of benzene rings is 1. The Morgan fingerprint density at radius 3 is 3.13 bits per heavy atom. The smallest absolute Gasteiger partial charge is 0.240 e. The molecule has 0 spiro atoms. The summed E-state index contributed by atoms with van der Waals surface area (Å²) in [5, 5.41) is 7.07. The Balaban J connectivity index is 1.74. The Morgan fingerprint density at radius 2 is 2.39 bits per heavy atom. The van der Waals surface area contributed by atoms with Gasteiger partial charge >= 0.3 is 0 Å². The first-order valence-electron chi connectivity index (χ1n) is 7.95. The van der Waals surface area contributed by atoms with Gasteiger partial charge in [0.2, 0.25) is 5.91 Å². The second-order valence-electron chi connectivity index (χ2n) is 5.57. The van der Waals surface area contributed by atoms with Crippen LogP contribution in [0.3, 0.4) is 0 Å². The van der Waals surface area contributed by atoms with Crippen molar-refractivity contribution < 1.29 is 18.7 Å². The van der Waals surface area contributed by atoms with Crippen molar-refractivity contribution in [2.45, 2.75) is 25.9 Å². The van der Waals surface area contributed by atoms with Gasteiger partial charge in [0, 0.05) is 11.9 Å². The standard InChI is InChI=1S/C17H22N2O4/c1-3-22-14-6-4-5-12-9-15(23-16(12)14)11(2)19-17(20)13-10-21-8-7-18-13/h4-6,9,11,13,18H,3,7-8,10H2,1-2H3,(H,19,20). The van der Waals surface area contributed by atoms with Gasteiger partial charge in [0.05, 0.1) is 25.9 Å². The fraction of sp³-hybridized carbons (Fsp3) is 0.471. The molecule has 23 heavy (non-hydrogen) atoms. The number of fused-ring (bicyclic) bond motifs is 1. The van der Waals surface area contributed by atoms with E-state index in [1.54, 1.807) is 0 Å². The van der Waals surface area contributed by atoms with Crippen LogP contribution in [0.4, 0.5) is 0 Å². The maximum absolute atomic E-state index is 12.2. The highest BCUT2D eigenvalue weighted by Crippen LogP contribution is 2.31. The number of carbonyl (C=O) groups excluding carboxylic acids is 1. The third-order valence-corrected chi connectivity index (χ3v) is 3.85. The van der Waals surface area contributed by atoms with Crippen LogP contribution in [0.2, 0.25) is 0 Å². The summed E-state index contributed by atoms with van der Waals surface area (Å²) in [6, 6.07) is 7.18. The Labute approximate surface area is 135 Å². The lowest BCUT2D eigenvalue weighted by atomic mass is 10.2. The number of rotatable bonds is 5. The normalized spacial score (nSPS) is 19.5. The molecule has 0 aliphatic carbocycles. The molecule has 1 fully saturated rings. The minimum absolute atomic E-state index is 0.0808. The molecule has 2 aromatic rings. The largest absolute Gasteiger partial charge is 0.490 e. The van der Waals surface area contributed by atoms with Crippen LogP contribution in [0.25, 0.3) is 11.0 Å². The first kappa shape index (κ1) is 15.8. The van der Waals surface area contributed by atoms with Crippen molar-refractivity contribution in [3.63, 3.8) is 0 Å². The molecule has 3 rings (SSSR count). The molecule has 1 aliphatic heterocycles. The first-order valence-corrected chi connectivity index (χ1v) is 7.95. The molecule has 2 N–H and O–H groups in total. The van der Waals surface area contributed by atoms with Crippen LogP contribution in [0.5, 0.6) is 5.75 Å². The summed E-state index contributed by atoms with van der Waals surface area (Å²) in [5.41, 5.74) is 0.713. The summed E-state index contributed by atoms with van der Waals surface area (Å²) in [4.78, 5) is 12.2. The predicted octanol–water partition coefficient (Wildman–Crippen LogP) is 2.00. The number of furan rings is 1. The average molecular weight is 318 g/mol. The minimum atomic E-state index is -0.311. The van der Waals surface area contributed by atoms with Crippen LogP contribution in [-0.4, -0.2) is 38.3 Å². The molecule has 2 unspecified atom stereocenters. The molecule has 0 bridgehead atoms. The molecule has 1 aromatic heterocycles. The van der Waals surface area contributed by atoms with E-state index in [0.717, 1.165) is 11.1 Å². The maximum atomic E-state index is 12.2. The SMILES string of the molecule is CCOc1cccc2cc(C(C)NC(=O)C3COCCN3)oc12. The maximum Gasteiger partial charge on any atom is 0.240 e. The summed E-state index contributed by atoms with van der Waals surface area (Å²) in [6.45, 7) is 6.14. The number of morpholine rings is 1. The van der Waals surface area contributed by atoms with E-state index in [0.29, 0.717) is 37.7 Å². The number of nitrogens with one attached hydrogen (secondary N) is 2.